The molecule has 0 heterocycles. The number of benzene rings is 6. The van der Waals surface area contributed by atoms with Gasteiger partial charge < -0.3 is 23.7 Å². The van der Waals surface area contributed by atoms with Crippen LogP contribution in [-0.2, 0) is 19.1 Å². The molecule has 0 aliphatic heterocycles. The third-order valence-corrected chi connectivity index (χ3v) is 8.17. The van der Waals surface area contributed by atoms with Crippen LogP contribution in [0.3, 0.4) is 0 Å². The molecule has 6 aromatic carbocycles. The van der Waals surface area contributed by atoms with Crippen molar-refractivity contribution in [3.05, 3.63) is 169 Å². The molecule has 2 unspecified atom stereocenters. The normalized spacial score (nSPS) is 12.0. The van der Waals surface area contributed by atoms with E-state index in [1.165, 1.54) is 0 Å². The molecular weight excluding hydrogens is 640 g/mol. The number of ether oxygens (including phenoxy) is 5. The highest BCUT2D eigenvalue weighted by atomic mass is 16.6. The third kappa shape index (κ3) is 8.28. The van der Waals surface area contributed by atoms with Crippen molar-refractivity contribution < 1.29 is 33.3 Å². The van der Waals surface area contributed by atoms with Crippen LogP contribution >= 0.6 is 0 Å². The van der Waals surface area contributed by atoms with Gasteiger partial charge in [-0.05, 0) is 55.3 Å². The van der Waals surface area contributed by atoms with Crippen LogP contribution in [0.4, 0.5) is 0 Å². The van der Waals surface area contributed by atoms with E-state index in [4.69, 9.17) is 23.7 Å². The van der Waals surface area contributed by atoms with Crippen LogP contribution in [0.25, 0.3) is 21.5 Å². The molecule has 0 aliphatic carbocycles. The maximum absolute atomic E-state index is 12.7. The Hall–Kier alpha value is -6.34. The van der Waals surface area contributed by atoms with Crippen molar-refractivity contribution in [3.8, 4) is 23.0 Å². The van der Waals surface area contributed by atoms with E-state index < -0.39 is 24.1 Å². The van der Waals surface area contributed by atoms with Crippen LogP contribution in [0.15, 0.2) is 158 Å². The topological polar surface area (TPSA) is 80.3 Å². The van der Waals surface area contributed by atoms with E-state index >= 15 is 0 Å². The molecule has 0 saturated heterocycles. The number of fused-ring (bicyclic) bond motifs is 2. The molecule has 0 saturated carbocycles. The zero-order chi connectivity index (χ0) is 35.7. The van der Waals surface area contributed by atoms with Crippen molar-refractivity contribution in [2.24, 2.45) is 0 Å². The summed E-state index contributed by atoms with van der Waals surface area (Å²) < 4.78 is 31.3. The molecule has 0 amide bonds. The van der Waals surface area contributed by atoms with Gasteiger partial charge in [-0.25, -0.2) is 9.59 Å². The second-order valence-corrected chi connectivity index (χ2v) is 12.1. The summed E-state index contributed by atoms with van der Waals surface area (Å²) in [6.07, 6.45) is -1.41. The summed E-state index contributed by atoms with van der Waals surface area (Å²) in [5.41, 5.74) is 2.15. The molecule has 7 nitrogen and oxygen atoms in total. The Balaban J connectivity index is 1.44. The van der Waals surface area contributed by atoms with Gasteiger partial charge in [0.25, 0.3) is 0 Å². The van der Waals surface area contributed by atoms with Gasteiger partial charge in [-0.2, -0.15) is 0 Å². The monoisotopic (exact) mass is 678 g/mol. The van der Waals surface area contributed by atoms with Crippen molar-refractivity contribution in [3.63, 3.8) is 0 Å². The average Bonchev–Trinajstić information content (AvgIpc) is 3.15. The molecule has 256 valence electrons. The highest BCUT2D eigenvalue weighted by Crippen LogP contribution is 2.45. The van der Waals surface area contributed by atoms with Crippen LogP contribution < -0.4 is 14.2 Å². The minimum absolute atomic E-state index is 0.0268. The molecule has 0 aliphatic rings. The number of carbonyl (C=O) groups is 2. The molecule has 0 N–H and O–H groups in total. The van der Waals surface area contributed by atoms with Gasteiger partial charge in [-0.15, -0.1) is 0 Å². The van der Waals surface area contributed by atoms with Gasteiger partial charge in [0, 0.05) is 32.7 Å². The first kappa shape index (κ1) is 34.5. The second-order valence-electron chi connectivity index (χ2n) is 12.1. The first-order valence-corrected chi connectivity index (χ1v) is 16.6. The van der Waals surface area contributed by atoms with Crippen LogP contribution in [0.1, 0.15) is 37.2 Å². The summed E-state index contributed by atoms with van der Waals surface area (Å²) in [4.78, 5) is 25.4. The molecule has 0 fully saturated rings. The summed E-state index contributed by atoms with van der Waals surface area (Å²) in [5.74, 6) is 1.40. The van der Waals surface area contributed by atoms with Crippen LogP contribution in [0.5, 0.6) is 23.0 Å². The largest absolute Gasteiger partial charge is 0.488 e. The van der Waals surface area contributed by atoms with Gasteiger partial charge >= 0.3 is 11.9 Å². The first-order chi connectivity index (χ1) is 24.8. The van der Waals surface area contributed by atoms with Crippen LogP contribution in [-0.4, -0.2) is 25.2 Å². The third-order valence-electron chi connectivity index (χ3n) is 8.17. The zero-order valence-electron chi connectivity index (χ0n) is 28.5. The lowest BCUT2D eigenvalue weighted by Gasteiger charge is -2.23. The van der Waals surface area contributed by atoms with Crippen molar-refractivity contribution in [2.45, 2.75) is 26.1 Å². The SMILES string of the molecule is C=C(C)C(=O)OC(COc1c2ccccc2c(OCC(OC(=O)C(=C)C)c2ccccc2)c2cc(Oc3ccccc3)ccc12)c1ccccc1. The van der Waals surface area contributed by atoms with Gasteiger partial charge in [0.2, 0.25) is 0 Å². The number of carbonyl (C=O) groups excluding carboxylic acids is 2. The summed E-state index contributed by atoms with van der Waals surface area (Å²) in [7, 11) is 0. The van der Waals surface area contributed by atoms with Gasteiger partial charge in [0.05, 0.1) is 0 Å². The Morgan fingerprint density at radius 3 is 1.39 bits per heavy atom. The number of para-hydroxylation sites is 1. The van der Waals surface area contributed by atoms with Gasteiger partial charge in [-0.3, -0.25) is 0 Å². The lowest BCUT2D eigenvalue weighted by molar-refractivity contribution is -0.147. The van der Waals surface area contributed by atoms with E-state index in [9.17, 15) is 9.59 Å². The number of hydrogen-bond acceptors (Lipinski definition) is 7. The summed E-state index contributed by atoms with van der Waals surface area (Å²) in [5, 5.41) is 3.01. The number of hydrogen-bond donors (Lipinski definition) is 0. The summed E-state index contributed by atoms with van der Waals surface area (Å²) in [6, 6.07) is 41.9. The van der Waals surface area contributed by atoms with Crippen LogP contribution in [0.2, 0.25) is 0 Å². The minimum Gasteiger partial charge on any atom is -0.488 e. The smallest absolute Gasteiger partial charge is 0.333 e. The Bertz CT molecular complexity index is 2180. The maximum atomic E-state index is 12.7. The predicted octanol–water partition coefficient (Wildman–Crippen LogP) is 10.3. The Kier molecular flexibility index (Phi) is 10.8. The second kappa shape index (κ2) is 15.9. The molecule has 0 bridgehead atoms. The van der Waals surface area contributed by atoms with Crippen molar-refractivity contribution in [1.82, 2.24) is 0 Å². The molecule has 51 heavy (non-hydrogen) atoms. The van der Waals surface area contributed by atoms with E-state index in [2.05, 4.69) is 13.2 Å². The highest BCUT2D eigenvalue weighted by molar-refractivity contribution is 6.11. The first-order valence-electron chi connectivity index (χ1n) is 16.6. The fraction of sp³-hybridized carbons (Fsp3) is 0.136. The number of esters is 2. The lowest BCUT2D eigenvalue weighted by atomic mass is 10.00. The van der Waals surface area contributed by atoms with Gasteiger partial charge in [-0.1, -0.05) is 116 Å². The lowest BCUT2D eigenvalue weighted by Crippen LogP contribution is -2.19. The average molecular weight is 679 g/mol. The van der Waals surface area contributed by atoms with Crippen molar-refractivity contribution >= 4 is 33.5 Å². The van der Waals surface area contributed by atoms with Crippen molar-refractivity contribution in [2.75, 3.05) is 13.2 Å². The molecular formula is C44H38O7. The Labute approximate surface area is 297 Å². The van der Waals surface area contributed by atoms with E-state index in [0.717, 1.165) is 27.3 Å². The minimum atomic E-state index is -0.710. The quantitative estimate of drug-likeness (QED) is 0.0644. The van der Waals surface area contributed by atoms with E-state index in [0.29, 0.717) is 39.5 Å². The Morgan fingerprint density at radius 2 is 0.922 bits per heavy atom. The Morgan fingerprint density at radius 1 is 0.510 bits per heavy atom. The van der Waals surface area contributed by atoms with E-state index in [1.54, 1.807) is 13.8 Å². The van der Waals surface area contributed by atoms with E-state index in [-0.39, 0.29) is 13.2 Å². The summed E-state index contributed by atoms with van der Waals surface area (Å²) in [6.45, 7) is 10.8. The highest BCUT2D eigenvalue weighted by Gasteiger charge is 2.24. The molecule has 6 aromatic rings. The van der Waals surface area contributed by atoms with E-state index in [1.807, 2.05) is 133 Å². The molecule has 6 rings (SSSR count). The van der Waals surface area contributed by atoms with Crippen molar-refractivity contribution in [1.29, 1.82) is 0 Å². The van der Waals surface area contributed by atoms with Gasteiger partial charge in [0.15, 0.2) is 12.2 Å². The molecule has 7 heteroatoms. The standard InChI is InChI=1S/C44H38O7/c1-29(2)43(45)50-39(31-16-8-5-9-17-31)27-47-41-35-22-14-15-23-36(35)42(38-26-34(24-25-37(38)41)49-33-20-12-7-13-21-33)48-28-40(51-44(46)30(3)4)32-18-10-6-11-19-32/h5-26,39-40H,1,3,27-28H2,2,4H3. The zero-order valence-corrected chi connectivity index (χ0v) is 28.5. The number of rotatable bonds is 14. The molecule has 2 atom stereocenters. The van der Waals surface area contributed by atoms with Gasteiger partial charge in [0.1, 0.15) is 36.2 Å². The molecule has 0 aromatic heterocycles. The molecule has 0 spiro atoms. The predicted molar refractivity (Wildman–Crippen MR) is 199 cm³/mol. The fourth-order valence-corrected chi connectivity index (χ4v) is 5.59. The molecule has 0 radical (unpaired) electrons. The summed E-state index contributed by atoms with van der Waals surface area (Å²) >= 11 is 0. The van der Waals surface area contributed by atoms with Crippen LogP contribution in [0, 0.1) is 0 Å². The maximum Gasteiger partial charge on any atom is 0.333 e. The fourth-order valence-electron chi connectivity index (χ4n) is 5.59.